The number of nitrogens with zero attached hydrogens (tertiary/aromatic N) is 1. The number of thiazole rings is 1. The molecule has 0 saturated carbocycles. The van der Waals surface area contributed by atoms with Gasteiger partial charge in [-0.2, -0.15) is 0 Å². The van der Waals surface area contributed by atoms with Crippen LogP contribution in [0.2, 0.25) is 0 Å². The molecule has 0 spiro atoms. The SMILES string of the molecule is Cc1ccc2sc(NC(=O)C(C)C)nc2c1C. The molecular formula is C13H16N2OS. The summed E-state index contributed by atoms with van der Waals surface area (Å²) in [6, 6.07) is 4.14. The Morgan fingerprint density at radius 1 is 1.35 bits per heavy atom. The Kier molecular flexibility index (Phi) is 3.15. The second-order valence-corrected chi connectivity index (χ2v) is 5.55. The molecular weight excluding hydrogens is 232 g/mol. The molecule has 90 valence electrons. The molecule has 0 fully saturated rings. The van der Waals surface area contributed by atoms with Crippen molar-refractivity contribution in [2.75, 3.05) is 5.32 Å². The van der Waals surface area contributed by atoms with Crippen LogP contribution in [0.25, 0.3) is 10.2 Å². The number of nitrogens with one attached hydrogen (secondary N) is 1. The van der Waals surface area contributed by atoms with E-state index in [1.54, 1.807) is 0 Å². The standard InChI is InChI=1S/C13H16N2OS/c1-7(2)12(16)15-13-14-11-9(4)8(3)5-6-10(11)17-13/h5-7H,1-4H3,(H,14,15,16). The van der Waals surface area contributed by atoms with E-state index in [1.165, 1.54) is 22.5 Å². The van der Waals surface area contributed by atoms with Crippen LogP contribution in [0.5, 0.6) is 0 Å². The largest absolute Gasteiger partial charge is 0.302 e. The van der Waals surface area contributed by atoms with Crippen molar-refractivity contribution >= 4 is 32.6 Å². The zero-order valence-corrected chi connectivity index (χ0v) is 11.3. The minimum Gasteiger partial charge on any atom is -0.302 e. The van der Waals surface area contributed by atoms with Gasteiger partial charge in [0.2, 0.25) is 5.91 Å². The summed E-state index contributed by atoms with van der Waals surface area (Å²) >= 11 is 1.52. The number of anilines is 1. The number of carbonyl (C=O) groups is 1. The summed E-state index contributed by atoms with van der Waals surface area (Å²) < 4.78 is 1.12. The van der Waals surface area contributed by atoms with E-state index in [-0.39, 0.29) is 11.8 Å². The molecule has 0 aliphatic rings. The number of hydrogen-bond donors (Lipinski definition) is 1. The third-order valence-corrected chi connectivity index (χ3v) is 3.78. The highest BCUT2D eigenvalue weighted by atomic mass is 32.1. The molecule has 0 aliphatic heterocycles. The molecule has 1 aromatic heterocycles. The van der Waals surface area contributed by atoms with E-state index in [0.29, 0.717) is 5.13 Å². The van der Waals surface area contributed by atoms with E-state index < -0.39 is 0 Å². The molecule has 0 atom stereocenters. The van der Waals surface area contributed by atoms with Gasteiger partial charge in [-0.3, -0.25) is 4.79 Å². The van der Waals surface area contributed by atoms with Crippen LogP contribution in [0, 0.1) is 19.8 Å². The van der Waals surface area contributed by atoms with E-state index in [0.717, 1.165) is 10.2 Å². The van der Waals surface area contributed by atoms with Gasteiger partial charge in [0, 0.05) is 5.92 Å². The summed E-state index contributed by atoms with van der Waals surface area (Å²) in [4.78, 5) is 16.1. The van der Waals surface area contributed by atoms with Crippen molar-refractivity contribution < 1.29 is 4.79 Å². The monoisotopic (exact) mass is 248 g/mol. The molecule has 0 bridgehead atoms. The van der Waals surface area contributed by atoms with Crippen LogP contribution >= 0.6 is 11.3 Å². The molecule has 2 aromatic rings. The van der Waals surface area contributed by atoms with Crippen LogP contribution in [0.3, 0.4) is 0 Å². The number of aryl methyl sites for hydroxylation is 2. The first kappa shape index (κ1) is 12.0. The Morgan fingerprint density at radius 3 is 2.71 bits per heavy atom. The van der Waals surface area contributed by atoms with Crippen LogP contribution in [-0.2, 0) is 4.79 Å². The summed E-state index contributed by atoms with van der Waals surface area (Å²) in [5, 5.41) is 3.53. The molecule has 0 saturated heterocycles. The van der Waals surface area contributed by atoms with Gasteiger partial charge in [-0.25, -0.2) is 4.98 Å². The normalized spacial score (nSPS) is 11.1. The summed E-state index contributed by atoms with van der Waals surface area (Å²) in [6.45, 7) is 7.88. The summed E-state index contributed by atoms with van der Waals surface area (Å²) in [7, 11) is 0. The van der Waals surface area contributed by atoms with E-state index >= 15 is 0 Å². The zero-order chi connectivity index (χ0) is 12.6. The van der Waals surface area contributed by atoms with Crippen molar-refractivity contribution in [2.45, 2.75) is 27.7 Å². The van der Waals surface area contributed by atoms with Crippen molar-refractivity contribution in [1.82, 2.24) is 4.98 Å². The number of hydrogen-bond acceptors (Lipinski definition) is 3. The number of aromatic nitrogens is 1. The molecule has 1 aromatic carbocycles. The van der Waals surface area contributed by atoms with Crippen molar-refractivity contribution in [3.05, 3.63) is 23.3 Å². The van der Waals surface area contributed by atoms with Gasteiger partial charge in [0.15, 0.2) is 5.13 Å². The second-order valence-electron chi connectivity index (χ2n) is 4.52. The summed E-state index contributed by atoms with van der Waals surface area (Å²) in [5.41, 5.74) is 3.40. The Labute approximate surface area is 105 Å². The molecule has 0 radical (unpaired) electrons. The first-order valence-corrected chi connectivity index (χ1v) is 6.48. The molecule has 2 rings (SSSR count). The van der Waals surface area contributed by atoms with Crippen LogP contribution in [0.15, 0.2) is 12.1 Å². The number of benzene rings is 1. The highest BCUT2D eigenvalue weighted by molar-refractivity contribution is 7.22. The summed E-state index contributed by atoms with van der Waals surface area (Å²) in [5.74, 6) is -0.0109. The van der Waals surface area contributed by atoms with Gasteiger partial charge in [0.05, 0.1) is 10.2 Å². The van der Waals surface area contributed by atoms with E-state index in [1.807, 2.05) is 13.8 Å². The van der Waals surface area contributed by atoms with Crippen LogP contribution in [-0.4, -0.2) is 10.9 Å². The van der Waals surface area contributed by atoms with Crippen molar-refractivity contribution in [1.29, 1.82) is 0 Å². The number of fused-ring (bicyclic) bond motifs is 1. The fourth-order valence-electron chi connectivity index (χ4n) is 1.53. The van der Waals surface area contributed by atoms with Gasteiger partial charge in [-0.1, -0.05) is 31.3 Å². The van der Waals surface area contributed by atoms with Crippen LogP contribution in [0.4, 0.5) is 5.13 Å². The highest BCUT2D eigenvalue weighted by Gasteiger charge is 2.12. The molecule has 1 heterocycles. The average molecular weight is 248 g/mol. The van der Waals surface area contributed by atoms with Gasteiger partial charge >= 0.3 is 0 Å². The Balaban J connectivity index is 2.39. The van der Waals surface area contributed by atoms with E-state index in [9.17, 15) is 4.79 Å². The molecule has 0 unspecified atom stereocenters. The lowest BCUT2D eigenvalue weighted by molar-refractivity contribution is -0.118. The Morgan fingerprint density at radius 2 is 2.06 bits per heavy atom. The number of amides is 1. The lowest BCUT2D eigenvalue weighted by Crippen LogP contribution is -2.17. The molecule has 0 aliphatic carbocycles. The smallest absolute Gasteiger partial charge is 0.228 e. The predicted octanol–water partition coefficient (Wildman–Crippen LogP) is 3.51. The number of rotatable bonds is 2. The maximum Gasteiger partial charge on any atom is 0.228 e. The van der Waals surface area contributed by atoms with E-state index in [2.05, 4.69) is 36.3 Å². The maximum atomic E-state index is 11.6. The van der Waals surface area contributed by atoms with Crippen molar-refractivity contribution in [3.63, 3.8) is 0 Å². The van der Waals surface area contributed by atoms with Gasteiger partial charge < -0.3 is 5.32 Å². The fourth-order valence-corrected chi connectivity index (χ4v) is 2.46. The Bertz CT molecular complexity index is 572. The van der Waals surface area contributed by atoms with Crippen LogP contribution in [0.1, 0.15) is 25.0 Å². The van der Waals surface area contributed by atoms with Crippen molar-refractivity contribution in [2.24, 2.45) is 5.92 Å². The summed E-state index contributed by atoms with van der Waals surface area (Å²) in [6.07, 6.45) is 0. The number of carbonyl (C=O) groups excluding carboxylic acids is 1. The second kappa shape index (κ2) is 4.45. The molecule has 17 heavy (non-hydrogen) atoms. The van der Waals surface area contributed by atoms with Crippen LogP contribution < -0.4 is 5.32 Å². The molecule has 1 amide bonds. The maximum absolute atomic E-state index is 11.6. The lowest BCUT2D eigenvalue weighted by atomic mass is 10.1. The van der Waals surface area contributed by atoms with Gasteiger partial charge in [-0.15, -0.1) is 0 Å². The minimum absolute atomic E-state index is 0.0124. The first-order chi connectivity index (χ1) is 7.99. The third-order valence-electron chi connectivity index (χ3n) is 2.84. The molecule has 4 heteroatoms. The topological polar surface area (TPSA) is 42.0 Å². The van der Waals surface area contributed by atoms with E-state index in [4.69, 9.17) is 0 Å². The Hall–Kier alpha value is -1.42. The zero-order valence-electron chi connectivity index (χ0n) is 10.5. The average Bonchev–Trinajstić information content (AvgIpc) is 2.67. The van der Waals surface area contributed by atoms with Crippen molar-refractivity contribution in [3.8, 4) is 0 Å². The third kappa shape index (κ3) is 2.31. The minimum atomic E-state index is -0.0233. The van der Waals surface area contributed by atoms with Gasteiger partial charge in [-0.05, 0) is 31.0 Å². The van der Waals surface area contributed by atoms with Gasteiger partial charge in [0.1, 0.15) is 0 Å². The van der Waals surface area contributed by atoms with Gasteiger partial charge in [0.25, 0.3) is 0 Å². The molecule has 1 N–H and O–H groups in total. The predicted molar refractivity (Wildman–Crippen MR) is 72.6 cm³/mol. The molecule has 3 nitrogen and oxygen atoms in total. The quantitative estimate of drug-likeness (QED) is 0.883. The fraction of sp³-hybridized carbons (Fsp3) is 0.385. The lowest BCUT2D eigenvalue weighted by Gasteiger charge is -2.02. The first-order valence-electron chi connectivity index (χ1n) is 5.66. The highest BCUT2D eigenvalue weighted by Crippen LogP contribution is 2.29.